The molecule has 0 fully saturated rings. The van der Waals surface area contributed by atoms with Crippen molar-refractivity contribution >= 4 is 47.6 Å². The van der Waals surface area contributed by atoms with E-state index in [1.54, 1.807) is 0 Å². The molecule has 0 bridgehead atoms. The molecule has 0 unspecified atom stereocenters. The topological polar surface area (TPSA) is 63.4 Å². The number of hydrogen-bond acceptors (Lipinski definition) is 3. The number of alkyl halides is 3. The van der Waals surface area contributed by atoms with Crippen molar-refractivity contribution in [1.82, 2.24) is 4.31 Å². The fourth-order valence-electron chi connectivity index (χ4n) is 1.39. The molecule has 2 N–H and O–H groups in total. The Kier molecular flexibility index (Phi) is 5.50. The molecule has 0 heterocycles. The molecular formula is C10H11Br2F3N2O2S. The van der Waals surface area contributed by atoms with Crippen LogP contribution in [0.5, 0.6) is 0 Å². The van der Waals surface area contributed by atoms with Gasteiger partial charge < -0.3 is 5.73 Å². The monoisotopic (exact) mass is 438 g/mol. The van der Waals surface area contributed by atoms with E-state index in [0.29, 0.717) is 9.99 Å². The first-order valence-corrected chi connectivity index (χ1v) is 8.25. The maximum atomic E-state index is 12.3. The van der Waals surface area contributed by atoms with Crippen molar-refractivity contribution < 1.29 is 21.6 Å². The van der Waals surface area contributed by atoms with Gasteiger partial charge in [0.15, 0.2) is 0 Å². The van der Waals surface area contributed by atoms with Gasteiger partial charge in [0.1, 0.15) is 4.90 Å². The van der Waals surface area contributed by atoms with Gasteiger partial charge >= 0.3 is 6.18 Å². The first-order chi connectivity index (χ1) is 8.95. The Morgan fingerprint density at radius 2 is 1.70 bits per heavy atom. The normalized spacial score (nSPS) is 12.9. The van der Waals surface area contributed by atoms with Crippen molar-refractivity contribution in [2.75, 3.05) is 19.3 Å². The summed E-state index contributed by atoms with van der Waals surface area (Å²) in [4.78, 5) is -0.156. The van der Waals surface area contributed by atoms with Crippen LogP contribution in [0.15, 0.2) is 26.0 Å². The van der Waals surface area contributed by atoms with Crippen LogP contribution in [-0.4, -0.2) is 32.5 Å². The second-order valence-corrected chi connectivity index (χ2v) is 7.70. The summed E-state index contributed by atoms with van der Waals surface area (Å²) in [7, 11) is -2.96. The number of nitrogens with zero attached hydrogens (tertiary/aromatic N) is 1. The fraction of sp³-hybridized carbons (Fsp3) is 0.400. The van der Waals surface area contributed by atoms with Gasteiger partial charge in [-0.1, -0.05) is 0 Å². The van der Waals surface area contributed by atoms with Crippen LogP contribution in [0.1, 0.15) is 6.42 Å². The maximum Gasteiger partial charge on any atom is 0.390 e. The fourth-order valence-corrected chi connectivity index (χ4v) is 5.09. The quantitative estimate of drug-likeness (QED) is 0.731. The predicted octanol–water partition coefficient (Wildman–Crippen LogP) is 3.37. The zero-order chi connectivity index (χ0) is 15.7. The number of benzene rings is 1. The zero-order valence-corrected chi connectivity index (χ0v) is 14.2. The highest BCUT2D eigenvalue weighted by Gasteiger charge is 2.32. The third-order valence-corrected chi connectivity index (χ3v) is 6.13. The third kappa shape index (κ3) is 4.34. The van der Waals surface area contributed by atoms with Crippen LogP contribution < -0.4 is 5.73 Å². The Morgan fingerprint density at radius 1 is 1.25 bits per heavy atom. The molecule has 1 rings (SSSR count). The molecule has 0 atom stereocenters. The summed E-state index contributed by atoms with van der Waals surface area (Å²) < 4.78 is 62.0. The minimum atomic E-state index is -4.42. The van der Waals surface area contributed by atoms with Crippen LogP contribution >= 0.6 is 31.9 Å². The molecule has 0 saturated heterocycles. The lowest BCUT2D eigenvalue weighted by Gasteiger charge is -2.20. The highest BCUT2D eigenvalue weighted by molar-refractivity contribution is 9.11. The van der Waals surface area contributed by atoms with Gasteiger partial charge in [0, 0.05) is 28.2 Å². The summed E-state index contributed by atoms with van der Waals surface area (Å²) >= 11 is 6.11. The molecule has 1 aromatic rings. The summed E-state index contributed by atoms with van der Waals surface area (Å²) in [5.41, 5.74) is 5.87. The number of anilines is 1. The molecule has 0 amide bonds. The van der Waals surface area contributed by atoms with Crippen molar-refractivity contribution in [3.8, 4) is 0 Å². The minimum Gasteiger partial charge on any atom is -0.399 e. The molecule has 1 aromatic carbocycles. The van der Waals surface area contributed by atoms with E-state index in [-0.39, 0.29) is 13.8 Å². The predicted molar refractivity (Wildman–Crippen MR) is 76.7 cm³/mol. The molecular weight excluding hydrogens is 429 g/mol. The Hall–Kier alpha value is -0.320. The molecule has 4 nitrogen and oxygen atoms in total. The van der Waals surface area contributed by atoms with E-state index < -0.39 is 29.2 Å². The summed E-state index contributed by atoms with van der Waals surface area (Å²) in [5.74, 6) is 0. The van der Waals surface area contributed by atoms with Gasteiger partial charge in [-0.2, -0.15) is 13.2 Å². The molecule has 0 aliphatic carbocycles. The van der Waals surface area contributed by atoms with E-state index in [4.69, 9.17) is 5.73 Å². The standard InChI is InChI=1S/C10H11Br2F3N2O2S/c1-17(3-2-10(13,14)15)20(18,19)9-7(11)4-6(16)5-8(9)12/h4-5H,2-3,16H2,1H3. The van der Waals surface area contributed by atoms with Crippen molar-refractivity contribution in [2.24, 2.45) is 0 Å². The summed E-state index contributed by atoms with van der Waals surface area (Å²) in [6, 6.07) is 2.74. The number of rotatable bonds is 4. The van der Waals surface area contributed by atoms with Crippen LogP contribution in [-0.2, 0) is 10.0 Å². The molecule has 114 valence electrons. The van der Waals surface area contributed by atoms with E-state index in [1.165, 1.54) is 12.1 Å². The van der Waals surface area contributed by atoms with Gasteiger partial charge in [0.05, 0.1) is 6.42 Å². The summed E-state index contributed by atoms with van der Waals surface area (Å²) in [5, 5.41) is 0. The molecule has 0 aromatic heterocycles. The van der Waals surface area contributed by atoms with Crippen LogP contribution in [0.3, 0.4) is 0 Å². The first-order valence-electron chi connectivity index (χ1n) is 5.23. The van der Waals surface area contributed by atoms with Gasteiger partial charge in [-0.25, -0.2) is 12.7 Å². The van der Waals surface area contributed by atoms with Crippen LogP contribution in [0, 0.1) is 0 Å². The second-order valence-electron chi connectivity index (χ2n) is 4.01. The molecule has 0 aliphatic rings. The first kappa shape index (κ1) is 17.7. The van der Waals surface area contributed by atoms with Gasteiger partial charge in [-0.3, -0.25) is 0 Å². The zero-order valence-electron chi connectivity index (χ0n) is 10.2. The number of nitrogen functional groups attached to an aromatic ring is 1. The summed E-state index contributed by atoms with van der Waals surface area (Å²) in [6.07, 6.45) is -5.63. The number of nitrogens with two attached hydrogens (primary N) is 1. The van der Waals surface area contributed by atoms with Crippen molar-refractivity contribution in [3.63, 3.8) is 0 Å². The van der Waals surface area contributed by atoms with Crippen molar-refractivity contribution in [2.45, 2.75) is 17.5 Å². The Morgan fingerprint density at radius 3 is 2.10 bits per heavy atom. The van der Waals surface area contributed by atoms with Crippen LogP contribution in [0.4, 0.5) is 18.9 Å². The van der Waals surface area contributed by atoms with Crippen LogP contribution in [0.25, 0.3) is 0 Å². The van der Waals surface area contributed by atoms with Crippen molar-refractivity contribution in [1.29, 1.82) is 0 Å². The van der Waals surface area contributed by atoms with E-state index in [9.17, 15) is 21.6 Å². The number of hydrogen-bond donors (Lipinski definition) is 1. The van der Waals surface area contributed by atoms with Gasteiger partial charge in [-0.05, 0) is 44.0 Å². The lowest BCUT2D eigenvalue weighted by molar-refractivity contribution is -0.135. The van der Waals surface area contributed by atoms with Gasteiger partial charge in [0.2, 0.25) is 10.0 Å². The van der Waals surface area contributed by atoms with E-state index in [2.05, 4.69) is 31.9 Å². The second kappa shape index (κ2) is 6.20. The lowest BCUT2D eigenvalue weighted by Crippen LogP contribution is -2.31. The molecule has 0 aliphatic heterocycles. The Labute approximate surface area is 131 Å². The number of sulfonamides is 1. The average Bonchev–Trinajstić information content (AvgIpc) is 2.22. The average molecular weight is 440 g/mol. The highest BCUT2D eigenvalue weighted by Crippen LogP contribution is 2.34. The van der Waals surface area contributed by atoms with Gasteiger partial charge in [0.25, 0.3) is 0 Å². The van der Waals surface area contributed by atoms with E-state index in [0.717, 1.165) is 7.05 Å². The highest BCUT2D eigenvalue weighted by atomic mass is 79.9. The largest absolute Gasteiger partial charge is 0.399 e. The Bertz CT molecular complexity index is 582. The molecule has 0 saturated carbocycles. The molecule has 0 spiro atoms. The van der Waals surface area contributed by atoms with Crippen molar-refractivity contribution in [3.05, 3.63) is 21.1 Å². The van der Waals surface area contributed by atoms with Crippen LogP contribution in [0.2, 0.25) is 0 Å². The molecule has 10 heteroatoms. The minimum absolute atomic E-state index is 0.156. The molecule has 0 radical (unpaired) electrons. The SMILES string of the molecule is CN(CCC(F)(F)F)S(=O)(=O)c1c(Br)cc(N)cc1Br. The van der Waals surface area contributed by atoms with Gasteiger partial charge in [-0.15, -0.1) is 0 Å². The van der Waals surface area contributed by atoms with E-state index in [1.807, 2.05) is 0 Å². The maximum absolute atomic E-state index is 12.3. The third-order valence-electron chi connectivity index (χ3n) is 2.40. The number of halogens is 5. The molecule has 20 heavy (non-hydrogen) atoms. The Balaban J connectivity index is 3.11. The smallest absolute Gasteiger partial charge is 0.390 e. The van der Waals surface area contributed by atoms with E-state index >= 15 is 0 Å². The summed E-state index contributed by atoms with van der Waals surface area (Å²) in [6.45, 7) is -0.658. The lowest BCUT2D eigenvalue weighted by atomic mass is 10.3.